The van der Waals surface area contributed by atoms with Crippen LogP contribution in [0.15, 0.2) is 30.3 Å². The highest BCUT2D eigenvalue weighted by Gasteiger charge is 2.37. The summed E-state index contributed by atoms with van der Waals surface area (Å²) in [6.45, 7) is 1.40. The minimum absolute atomic E-state index is 0.480. The third-order valence-electron chi connectivity index (χ3n) is 2.32. The lowest BCUT2D eigenvalue weighted by Gasteiger charge is -2.25. The molecule has 0 aliphatic heterocycles. The Morgan fingerprint density at radius 1 is 1.31 bits per heavy atom. The lowest BCUT2D eigenvalue weighted by molar-refractivity contribution is -0.144. The Balaban J connectivity index is 3.07. The first-order chi connectivity index (χ1) is 7.50. The van der Waals surface area contributed by atoms with E-state index in [1.807, 2.05) is 0 Å². The highest BCUT2D eigenvalue weighted by atomic mass is 16.5. The number of amides is 1. The van der Waals surface area contributed by atoms with Crippen LogP contribution in [0.25, 0.3) is 0 Å². The standard InChI is InChI=1S/C11H13NO4/c1-11(9(13)14,12-10(15)16-2)8-6-4-3-5-7-8/h3-7H,1-2H3,(H,12,15)(H,13,14). The van der Waals surface area contributed by atoms with Crippen molar-refractivity contribution in [1.29, 1.82) is 0 Å². The van der Waals surface area contributed by atoms with Crippen LogP contribution in [0.5, 0.6) is 0 Å². The predicted molar refractivity (Wildman–Crippen MR) is 57.0 cm³/mol. The van der Waals surface area contributed by atoms with E-state index in [1.54, 1.807) is 30.3 Å². The zero-order valence-electron chi connectivity index (χ0n) is 9.06. The number of rotatable bonds is 3. The van der Waals surface area contributed by atoms with Crippen LogP contribution < -0.4 is 5.32 Å². The minimum Gasteiger partial charge on any atom is -0.479 e. The smallest absolute Gasteiger partial charge is 0.408 e. The molecule has 1 aromatic rings. The third-order valence-corrected chi connectivity index (χ3v) is 2.32. The van der Waals surface area contributed by atoms with Gasteiger partial charge in [0.05, 0.1) is 7.11 Å². The molecular formula is C11H13NO4. The Bertz CT molecular complexity index is 390. The highest BCUT2D eigenvalue weighted by Crippen LogP contribution is 2.20. The summed E-state index contributed by atoms with van der Waals surface area (Å²) in [4.78, 5) is 22.3. The van der Waals surface area contributed by atoms with Gasteiger partial charge in [-0.3, -0.25) is 0 Å². The molecule has 5 heteroatoms. The molecule has 2 N–H and O–H groups in total. The van der Waals surface area contributed by atoms with Crippen molar-refractivity contribution in [3.8, 4) is 0 Å². The van der Waals surface area contributed by atoms with Gasteiger partial charge in [-0.15, -0.1) is 0 Å². The number of ether oxygens (including phenoxy) is 1. The summed E-state index contributed by atoms with van der Waals surface area (Å²) in [6, 6.07) is 8.43. The Morgan fingerprint density at radius 2 is 1.88 bits per heavy atom. The molecule has 16 heavy (non-hydrogen) atoms. The second kappa shape index (κ2) is 4.65. The molecule has 1 unspecified atom stereocenters. The van der Waals surface area contributed by atoms with Crippen LogP contribution in [0, 0.1) is 0 Å². The maximum atomic E-state index is 11.2. The van der Waals surface area contributed by atoms with Gasteiger partial charge in [0, 0.05) is 0 Å². The molecule has 0 spiro atoms. The number of carboxylic acid groups (broad SMARTS) is 1. The highest BCUT2D eigenvalue weighted by molar-refractivity contribution is 5.85. The van der Waals surface area contributed by atoms with Crippen molar-refractivity contribution in [3.63, 3.8) is 0 Å². The number of carboxylic acids is 1. The Morgan fingerprint density at radius 3 is 2.31 bits per heavy atom. The monoisotopic (exact) mass is 223 g/mol. The maximum Gasteiger partial charge on any atom is 0.408 e. The van der Waals surface area contributed by atoms with Crippen LogP contribution in [-0.2, 0) is 15.1 Å². The molecule has 0 aliphatic rings. The molecule has 1 amide bonds. The molecule has 0 bridgehead atoms. The average Bonchev–Trinajstić information content (AvgIpc) is 2.29. The number of nitrogens with one attached hydrogen (secondary N) is 1. The second-order valence-corrected chi connectivity index (χ2v) is 3.41. The fourth-order valence-electron chi connectivity index (χ4n) is 1.28. The van der Waals surface area contributed by atoms with E-state index in [0.717, 1.165) is 0 Å². The second-order valence-electron chi connectivity index (χ2n) is 3.41. The summed E-state index contributed by atoms with van der Waals surface area (Å²) in [7, 11) is 1.18. The Kier molecular flexibility index (Phi) is 3.50. The van der Waals surface area contributed by atoms with Crippen molar-refractivity contribution in [3.05, 3.63) is 35.9 Å². The summed E-state index contributed by atoms with van der Waals surface area (Å²) in [5.41, 5.74) is -1.01. The number of hydrogen-bond acceptors (Lipinski definition) is 3. The molecule has 86 valence electrons. The van der Waals surface area contributed by atoms with Gasteiger partial charge in [0.25, 0.3) is 0 Å². The van der Waals surface area contributed by atoms with E-state index in [9.17, 15) is 9.59 Å². The van der Waals surface area contributed by atoms with Gasteiger partial charge >= 0.3 is 12.1 Å². The summed E-state index contributed by atoms with van der Waals surface area (Å²) in [5.74, 6) is -1.15. The molecule has 1 aromatic carbocycles. The van der Waals surface area contributed by atoms with Crippen LogP contribution in [0.3, 0.4) is 0 Å². The number of carbonyl (C=O) groups is 2. The van der Waals surface area contributed by atoms with Crippen molar-refractivity contribution < 1.29 is 19.4 Å². The molecule has 0 aliphatic carbocycles. The SMILES string of the molecule is COC(=O)NC(C)(C(=O)O)c1ccccc1. The molecule has 1 rings (SSSR count). The first kappa shape index (κ1) is 12.0. The van der Waals surface area contributed by atoms with Gasteiger partial charge in [-0.05, 0) is 12.5 Å². The molecule has 0 saturated carbocycles. The van der Waals surface area contributed by atoms with Gasteiger partial charge in [-0.1, -0.05) is 30.3 Å². The molecule has 0 aromatic heterocycles. The molecule has 0 saturated heterocycles. The van der Waals surface area contributed by atoms with E-state index >= 15 is 0 Å². The van der Waals surface area contributed by atoms with Crippen molar-refractivity contribution in [2.75, 3.05) is 7.11 Å². The minimum atomic E-state index is -1.49. The van der Waals surface area contributed by atoms with E-state index < -0.39 is 17.6 Å². The first-order valence-corrected chi connectivity index (χ1v) is 4.65. The number of carbonyl (C=O) groups excluding carboxylic acids is 1. The van der Waals surface area contributed by atoms with Crippen LogP contribution in [0.2, 0.25) is 0 Å². The number of benzene rings is 1. The quantitative estimate of drug-likeness (QED) is 0.810. The number of alkyl carbamates (subject to hydrolysis) is 1. The van der Waals surface area contributed by atoms with Crippen LogP contribution in [-0.4, -0.2) is 24.3 Å². The van der Waals surface area contributed by atoms with Gasteiger partial charge in [0.1, 0.15) is 0 Å². The molecular weight excluding hydrogens is 210 g/mol. The van der Waals surface area contributed by atoms with Gasteiger partial charge in [-0.2, -0.15) is 0 Å². The topological polar surface area (TPSA) is 75.6 Å². The zero-order valence-corrected chi connectivity index (χ0v) is 9.06. The van der Waals surface area contributed by atoms with Gasteiger partial charge in [-0.25, -0.2) is 9.59 Å². The lowest BCUT2D eigenvalue weighted by atomic mass is 9.92. The number of methoxy groups -OCH3 is 1. The number of aliphatic carboxylic acids is 1. The predicted octanol–water partition coefficient (Wildman–Crippen LogP) is 1.34. The van der Waals surface area contributed by atoms with E-state index in [4.69, 9.17) is 5.11 Å². The maximum absolute atomic E-state index is 11.2. The molecule has 5 nitrogen and oxygen atoms in total. The average molecular weight is 223 g/mol. The summed E-state index contributed by atoms with van der Waals surface area (Å²) in [5, 5.41) is 11.5. The first-order valence-electron chi connectivity index (χ1n) is 4.65. The van der Waals surface area contributed by atoms with Crippen molar-refractivity contribution in [2.45, 2.75) is 12.5 Å². The third kappa shape index (κ3) is 2.31. The van der Waals surface area contributed by atoms with Crippen LogP contribution in [0.1, 0.15) is 12.5 Å². The largest absolute Gasteiger partial charge is 0.479 e. The number of hydrogen-bond donors (Lipinski definition) is 2. The van der Waals surface area contributed by atoms with E-state index in [1.165, 1.54) is 14.0 Å². The normalized spacial score (nSPS) is 13.6. The summed E-state index contributed by atoms with van der Waals surface area (Å²) >= 11 is 0. The Labute approximate surface area is 93.0 Å². The van der Waals surface area contributed by atoms with E-state index in [2.05, 4.69) is 10.1 Å². The van der Waals surface area contributed by atoms with Crippen molar-refractivity contribution in [2.24, 2.45) is 0 Å². The Hall–Kier alpha value is -2.04. The van der Waals surface area contributed by atoms with Gasteiger partial charge < -0.3 is 15.2 Å². The van der Waals surface area contributed by atoms with Gasteiger partial charge in [0.2, 0.25) is 0 Å². The van der Waals surface area contributed by atoms with E-state index in [0.29, 0.717) is 5.56 Å². The fourth-order valence-corrected chi connectivity index (χ4v) is 1.28. The summed E-state index contributed by atoms with van der Waals surface area (Å²) < 4.78 is 4.40. The molecule has 0 heterocycles. The van der Waals surface area contributed by atoms with E-state index in [-0.39, 0.29) is 0 Å². The lowest BCUT2D eigenvalue weighted by Crippen LogP contribution is -2.49. The fraction of sp³-hybridized carbons (Fsp3) is 0.273. The van der Waals surface area contributed by atoms with Crippen molar-refractivity contribution in [1.82, 2.24) is 5.32 Å². The van der Waals surface area contributed by atoms with Crippen LogP contribution >= 0.6 is 0 Å². The molecule has 1 atom stereocenters. The van der Waals surface area contributed by atoms with Crippen LogP contribution in [0.4, 0.5) is 4.79 Å². The van der Waals surface area contributed by atoms with Gasteiger partial charge in [0.15, 0.2) is 5.54 Å². The molecule has 0 radical (unpaired) electrons. The zero-order chi connectivity index (χ0) is 12.2. The summed E-state index contributed by atoms with van der Waals surface area (Å²) in [6.07, 6.45) is -0.784. The molecule has 0 fully saturated rings. The van der Waals surface area contributed by atoms with Crippen molar-refractivity contribution >= 4 is 12.1 Å².